The maximum absolute atomic E-state index is 12.9. The minimum atomic E-state index is 0.105. The highest BCUT2D eigenvalue weighted by Crippen LogP contribution is 2.32. The van der Waals surface area contributed by atoms with Crippen LogP contribution in [0.1, 0.15) is 49.8 Å². The molecule has 1 atom stereocenters. The predicted octanol–water partition coefficient (Wildman–Crippen LogP) is 1.12. The first kappa shape index (κ1) is 14.0. The fraction of sp³-hybridized carbons (Fsp3) is 0.800. The van der Waals surface area contributed by atoms with Crippen molar-refractivity contribution in [1.82, 2.24) is 29.9 Å². The van der Waals surface area contributed by atoms with Crippen LogP contribution in [0.15, 0.2) is 0 Å². The number of urea groups is 1. The van der Waals surface area contributed by atoms with Gasteiger partial charge in [0.25, 0.3) is 0 Å². The molecular formula is C15H24N6O. The van der Waals surface area contributed by atoms with Gasteiger partial charge < -0.3 is 19.7 Å². The molecule has 0 spiro atoms. The molecule has 3 aliphatic heterocycles. The van der Waals surface area contributed by atoms with Crippen molar-refractivity contribution in [3.8, 4) is 0 Å². The van der Waals surface area contributed by atoms with E-state index >= 15 is 0 Å². The quantitative estimate of drug-likeness (QED) is 0.844. The summed E-state index contributed by atoms with van der Waals surface area (Å²) in [5.74, 6) is 1.98. The van der Waals surface area contributed by atoms with E-state index in [1.807, 2.05) is 9.80 Å². The topological polar surface area (TPSA) is 66.3 Å². The fourth-order valence-electron chi connectivity index (χ4n) is 3.89. The highest BCUT2D eigenvalue weighted by atomic mass is 16.2. The second kappa shape index (κ2) is 5.87. The van der Waals surface area contributed by atoms with Gasteiger partial charge in [0.1, 0.15) is 5.82 Å². The Bertz CT molecular complexity index is 550. The van der Waals surface area contributed by atoms with Gasteiger partial charge in [0.2, 0.25) is 0 Å². The molecule has 7 nitrogen and oxygen atoms in total. The number of likely N-dealkylation sites (tertiary alicyclic amines) is 2. The summed E-state index contributed by atoms with van der Waals surface area (Å²) < 4.78 is 2.21. The van der Waals surface area contributed by atoms with Gasteiger partial charge in [0.05, 0.1) is 12.6 Å². The Hall–Kier alpha value is -1.63. The van der Waals surface area contributed by atoms with Crippen LogP contribution in [0.25, 0.3) is 0 Å². The molecule has 0 radical (unpaired) electrons. The third-order valence-corrected chi connectivity index (χ3v) is 5.07. The second-order valence-corrected chi connectivity index (χ2v) is 6.48. The summed E-state index contributed by atoms with van der Waals surface area (Å²) >= 11 is 0. The molecule has 0 aromatic carbocycles. The average Bonchev–Trinajstić information content (AvgIpc) is 3.21. The van der Waals surface area contributed by atoms with Crippen LogP contribution < -0.4 is 5.32 Å². The minimum absolute atomic E-state index is 0.105. The molecule has 2 amide bonds. The maximum atomic E-state index is 12.9. The molecule has 0 aliphatic carbocycles. The number of nitrogens with one attached hydrogen (secondary N) is 1. The van der Waals surface area contributed by atoms with Gasteiger partial charge in [-0.3, -0.25) is 0 Å². The SMILES string of the molecule is O=C(N1CCCCC1)N1CCCC1c1nnc2n1CCNC2. The lowest BCUT2D eigenvalue weighted by Gasteiger charge is -2.34. The third-order valence-electron chi connectivity index (χ3n) is 5.07. The Morgan fingerprint density at radius 2 is 1.91 bits per heavy atom. The Morgan fingerprint density at radius 1 is 1.05 bits per heavy atom. The molecule has 1 unspecified atom stereocenters. The van der Waals surface area contributed by atoms with E-state index in [1.54, 1.807) is 0 Å². The second-order valence-electron chi connectivity index (χ2n) is 6.48. The maximum Gasteiger partial charge on any atom is 0.320 e. The summed E-state index contributed by atoms with van der Waals surface area (Å²) in [6.45, 7) is 5.29. The first-order chi connectivity index (χ1) is 10.8. The zero-order chi connectivity index (χ0) is 14.9. The molecule has 1 N–H and O–H groups in total. The number of fused-ring (bicyclic) bond motifs is 1. The number of hydrogen-bond donors (Lipinski definition) is 1. The minimum Gasteiger partial charge on any atom is -0.325 e. The molecule has 3 aliphatic rings. The zero-order valence-corrected chi connectivity index (χ0v) is 13.0. The number of piperidine rings is 1. The van der Waals surface area contributed by atoms with Crippen LogP contribution in [0.5, 0.6) is 0 Å². The van der Waals surface area contributed by atoms with E-state index < -0.39 is 0 Å². The summed E-state index contributed by atoms with van der Waals surface area (Å²) in [6, 6.07) is 0.308. The van der Waals surface area contributed by atoms with Gasteiger partial charge in [-0.15, -0.1) is 10.2 Å². The van der Waals surface area contributed by atoms with Crippen molar-refractivity contribution in [3.63, 3.8) is 0 Å². The molecule has 0 bridgehead atoms. The van der Waals surface area contributed by atoms with E-state index in [0.29, 0.717) is 0 Å². The number of carbonyl (C=O) groups is 1. The van der Waals surface area contributed by atoms with Gasteiger partial charge in [0, 0.05) is 32.7 Å². The number of aromatic nitrogens is 3. The molecule has 4 heterocycles. The predicted molar refractivity (Wildman–Crippen MR) is 81.2 cm³/mol. The van der Waals surface area contributed by atoms with Crippen molar-refractivity contribution >= 4 is 6.03 Å². The summed E-state index contributed by atoms with van der Waals surface area (Å²) in [5.41, 5.74) is 0. The Kier molecular flexibility index (Phi) is 3.73. The van der Waals surface area contributed by atoms with Crippen molar-refractivity contribution in [3.05, 3.63) is 11.6 Å². The molecule has 1 aromatic rings. The van der Waals surface area contributed by atoms with E-state index in [2.05, 4.69) is 20.1 Å². The number of hydrogen-bond acceptors (Lipinski definition) is 4. The summed E-state index contributed by atoms with van der Waals surface area (Å²) in [6.07, 6.45) is 5.58. The van der Waals surface area contributed by atoms with Crippen LogP contribution in [-0.2, 0) is 13.1 Å². The van der Waals surface area contributed by atoms with Crippen LogP contribution in [-0.4, -0.2) is 56.8 Å². The Balaban J connectivity index is 1.55. The van der Waals surface area contributed by atoms with Crippen molar-refractivity contribution in [2.75, 3.05) is 26.2 Å². The van der Waals surface area contributed by atoms with Crippen molar-refractivity contribution < 1.29 is 4.79 Å². The lowest BCUT2D eigenvalue weighted by molar-refractivity contribution is 0.136. The first-order valence-electron chi connectivity index (χ1n) is 8.53. The van der Waals surface area contributed by atoms with Gasteiger partial charge in [-0.2, -0.15) is 0 Å². The van der Waals surface area contributed by atoms with Gasteiger partial charge in [-0.05, 0) is 32.1 Å². The summed E-state index contributed by atoms with van der Waals surface area (Å²) in [5, 5.41) is 12.0. The highest BCUT2D eigenvalue weighted by molar-refractivity contribution is 5.75. The van der Waals surface area contributed by atoms with E-state index in [9.17, 15) is 4.79 Å². The average molecular weight is 304 g/mol. The van der Waals surface area contributed by atoms with E-state index in [-0.39, 0.29) is 12.1 Å². The smallest absolute Gasteiger partial charge is 0.320 e. The van der Waals surface area contributed by atoms with Gasteiger partial charge in [-0.25, -0.2) is 4.79 Å². The van der Waals surface area contributed by atoms with Crippen molar-refractivity contribution in [2.24, 2.45) is 0 Å². The molecular weight excluding hydrogens is 280 g/mol. The normalized spacial score (nSPS) is 25.4. The lowest BCUT2D eigenvalue weighted by atomic mass is 10.1. The van der Waals surface area contributed by atoms with Crippen molar-refractivity contribution in [2.45, 2.75) is 51.2 Å². The van der Waals surface area contributed by atoms with Crippen LogP contribution in [0.3, 0.4) is 0 Å². The number of nitrogens with zero attached hydrogens (tertiary/aromatic N) is 5. The number of amides is 2. The van der Waals surface area contributed by atoms with Gasteiger partial charge in [0.15, 0.2) is 5.82 Å². The molecule has 22 heavy (non-hydrogen) atoms. The summed E-state index contributed by atoms with van der Waals surface area (Å²) in [7, 11) is 0. The zero-order valence-electron chi connectivity index (χ0n) is 13.0. The Morgan fingerprint density at radius 3 is 2.77 bits per heavy atom. The van der Waals surface area contributed by atoms with E-state index in [1.165, 1.54) is 6.42 Å². The molecule has 1 aromatic heterocycles. The standard InChI is InChI=1S/C15H24N6O/c22-15(19-7-2-1-3-8-19)20-9-4-5-12(20)14-18-17-13-11-16-6-10-21(13)14/h12,16H,1-11H2. The third kappa shape index (κ3) is 2.37. The van der Waals surface area contributed by atoms with Gasteiger partial charge >= 0.3 is 6.03 Å². The molecule has 4 rings (SSSR count). The van der Waals surface area contributed by atoms with Crippen LogP contribution >= 0.6 is 0 Å². The lowest BCUT2D eigenvalue weighted by Crippen LogP contribution is -2.45. The largest absolute Gasteiger partial charge is 0.325 e. The van der Waals surface area contributed by atoms with E-state index in [0.717, 1.165) is 76.6 Å². The molecule has 120 valence electrons. The first-order valence-corrected chi connectivity index (χ1v) is 8.53. The van der Waals surface area contributed by atoms with Crippen molar-refractivity contribution in [1.29, 1.82) is 0 Å². The number of carbonyl (C=O) groups excluding carboxylic acids is 1. The molecule has 2 saturated heterocycles. The van der Waals surface area contributed by atoms with Crippen LogP contribution in [0, 0.1) is 0 Å². The monoisotopic (exact) mass is 304 g/mol. The molecule has 7 heteroatoms. The highest BCUT2D eigenvalue weighted by Gasteiger charge is 2.36. The van der Waals surface area contributed by atoms with E-state index in [4.69, 9.17) is 0 Å². The number of rotatable bonds is 1. The summed E-state index contributed by atoms with van der Waals surface area (Å²) in [4.78, 5) is 16.9. The Labute approximate surface area is 130 Å². The van der Waals surface area contributed by atoms with Crippen LogP contribution in [0.4, 0.5) is 4.79 Å². The van der Waals surface area contributed by atoms with Gasteiger partial charge in [-0.1, -0.05) is 0 Å². The molecule has 0 saturated carbocycles. The molecule has 2 fully saturated rings. The fourth-order valence-corrected chi connectivity index (χ4v) is 3.89. The van der Waals surface area contributed by atoms with Crippen LogP contribution in [0.2, 0.25) is 0 Å².